The van der Waals surface area contributed by atoms with Crippen LogP contribution in [0.3, 0.4) is 0 Å². The van der Waals surface area contributed by atoms with Crippen LogP contribution in [0.15, 0.2) is 65.5 Å². The van der Waals surface area contributed by atoms with Gasteiger partial charge in [0.1, 0.15) is 5.01 Å². The van der Waals surface area contributed by atoms with E-state index in [4.69, 9.17) is 9.47 Å². The molecule has 0 bridgehead atoms. The molecule has 0 fully saturated rings. The fourth-order valence-corrected chi connectivity index (χ4v) is 3.78. The van der Waals surface area contributed by atoms with E-state index >= 15 is 0 Å². The number of carbonyl (C=O) groups excluding carboxylic acids is 2. The second-order valence-electron chi connectivity index (χ2n) is 6.07. The summed E-state index contributed by atoms with van der Waals surface area (Å²) in [5.41, 5.74) is 1.80. The van der Waals surface area contributed by atoms with Crippen LogP contribution in [0, 0.1) is 0 Å². The quantitative estimate of drug-likeness (QED) is 0.664. The first-order chi connectivity index (χ1) is 13.6. The van der Waals surface area contributed by atoms with Crippen molar-refractivity contribution in [3.05, 3.63) is 76.0 Å². The highest BCUT2D eigenvalue weighted by Crippen LogP contribution is 2.38. The Balaban J connectivity index is 2.03. The zero-order valence-electron chi connectivity index (χ0n) is 15.8. The van der Waals surface area contributed by atoms with Crippen LogP contribution in [0.25, 0.3) is 0 Å². The van der Waals surface area contributed by atoms with E-state index in [0.717, 1.165) is 5.56 Å². The Kier molecular flexibility index (Phi) is 6.60. The van der Waals surface area contributed by atoms with Crippen LogP contribution < -0.4 is 0 Å². The predicted molar refractivity (Wildman–Crippen MR) is 106 cm³/mol. The van der Waals surface area contributed by atoms with E-state index in [2.05, 4.69) is 4.98 Å². The van der Waals surface area contributed by atoms with Gasteiger partial charge in [0.2, 0.25) is 0 Å². The molecule has 0 spiro atoms. The Bertz CT molecular complexity index is 839. The first kappa shape index (κ1) is 19.8. The van der Waals surface area contributed by atoms with Gasteiger partial charge < -0.3 is 14.4 Å². The molecule has 0 N–H and O–H groups in total. The van der Waals surface area contributed by atoms with Crippen molar-refractivity contribution < 1.29 is 19.1 Å². The molecule has 0 radical (unpaired) electrons. The summed E-state index contributed by atoms with van der Waals surface area (Å²) in [7, 11) is 0. The average molecular weight is 398 g/mol. The molecule has 0 saturated carbocycles. The number of rotatable bonds is 7. The number of esters is 2. The van der Waals surface area contributed by atoms with E-state index in [1.807, 2.05) is 40.6 Å². The fraction of sp³-hybridized carbons (Fsp3) is 0.286. The highest BCUT2D eigenvalue weighted by molar-refractivity contribution is 7.09. The Morgan fingerprint density at radius 3 is 2.14 bits per heavy atom. The minimum Gasteiger partial charge on any atom is -0.463 e. The highest BCUT2D eigenvalue weighted by atomic mass is 32.1. The van der Waals surface area contributed by atoms with Gasteiger partial charge in [0.05, 0.1) is 30.3 Å². The first-order valence-electron chi connectivity index (χ1n) is 9.10. The van der Waals surface area contributed by atoms with Crippen molar-refractivity contribution in [3.63, 3.8) is 0 Å². The number of thiazole rings is 1. The normalized spacial score (nSPS) is 14.3. The van der Waals surface area contributed by atoms with Crippen LogP contribution >= 0.6 is 11.3 Å². The van der Waals surface area contributed by atoms with E-state index in [0.29, 0.717) is 22.7 Å². The average Bonchev–Trinajstić information content (AvgIpc) is 3.23. The van der Waals surface area contributed by atoms with Crippen molar-refractivity contribution in [1.29, 1.82) is 0 Å². The third-order valence-corrected chi connectivity index (χ3v) is 5.00. The summed E-state index contributed by atoms with van der Waals surface area (Å²) in [6.45, 7) is 4.51. The number of benzene rings is 1. The molecule has 1 aromatic carbocycles. The predicted octanol–water partition coefficient (Wildman–Crippen LogP) is 3.64. The standard InChI is InChI=1S/C21H22N2O4S/c1-3-26-20(24)16-13-23(12-15-8-6-5-7-9-15)14-17(21(25)27-4-2)18(16)19-22-10-11-28-19/h5-11,13-14,18H,3-4,12H2,1-2H3. The van der Waals surface area contributed by atoms with Gasteiger partial charge in [0, 0.05) is 30.5 Å². The van der Waals surface area contributed by atoms with Gasteiger partial charge in [-0.3, -0.25) is 0 Å². The lowest BCUT2D eigenvalue weighted by atomic mass is 9.89. The molecule has 1 aliphatic heterocycles. The maximum absolute atomic E-state index is 12.7. The Hall–Kier alpha value is -2.93. The van der Waals surface area contributed by atoms with Crippen LogP contribution in [0.1, 0.15) is 30.3 Å². The number of hydrogen-bond donors (Lipinski definition) is 0. The van der Waals surface area contributed by atoms with Crippen LogP contribution in [0.2, 0.25) is 0 Å². The van der Waals surface area contributed by atoms with Gasteiger partial charge in [-0.2, -0.15) is 0 Å². The number of aromatic nitrogens is 1. The molecule has 0 atom stereocenters. The van der Waals surface area contributed by atoms with Crippen LogP contribution in [0.4, 0.5) is 0 Å². The molecular formula is C21H22N2O4S. The first-order valence-corrected chi connectivity index (χ1v) is 9.98. The summed E-state index contributed by atoms with van der Waals surface area (Å²) in [6, 6.07) is 9.82. The zero-order chi connectivity index (χ0) is 19.9. The summed E-state index contributed by atoms with van der Waals surface area (Å²) in [6.07, 6.45) is 5.13. The maximum atomic E-state index is 12.7. The van der Waals surface area contributed by atoms with E-state index in [1.54, 1.807) is 32.4 Å². The van der Waals surface area contributed by atoms with Crippen molar-refractivity contribution in [1.82, 2.24) is 9.88 Å². The number of nitrogens with zero attached hydrogens (tertiary/aromatic N) is 2. The molecule has 7 heteroatoms. The fourth-order valence-electron chi connectivity index (χ4n) is 3.01. The third-order valence-electron chi connectivity index (χ3n) is 4.16. The van der Waals surface area contributed by atoms with Crippen LogP contribution in [-0.4, -0.2) is 35.0 Å². The van der Waals surface area contributed by atoms with Gasteiger partial charge >= 0.3 is 11.9 Å². The third kappa shape index (κ3) is 4.48. The largest absolute Gasteiger partial charge is 0.463 e. The zero-order valence-corrected chi connectivity index (χ0v) is 16.6. The Morgan fingerprint density at radius 1 is 1.04 bits per heavy atom. The lowest BCUT2D eigenvalue weighted by Gasteiger charge is -2.29. The minimum atomic E-state index is -0.606. The van der Waals surface area contributed by atoms with E-state index in [-0.39, 0.29) is 13.2 Å². The van der Waals surface area contributed by atoms with Gasteiger partial charge in [-0.15, -0.1) is 11.3 Å². The van der Waals surface area contributed by atoms with Gasteiger partial charge in [-0.1, -0.05) is 30.3 Å². The molecule has 1 aromatic heterocycles. The lowest BCUT2D eigenvalue weighted by Crippen LogP contribution is -2.29. The summed E-state index contributed by atoms with van der Waals surface area (Å²) >= 11 is 1.39. The molecule has 28 heavy (non-hydrogen) atoms. The van der Waals surface area contributed by atoms with E-state index in [1.165, 1.54) is 11.3 Å². The summed E-state index contributed by atoms with van der Waals surface area (Å²) in [5, 5.41) is 2.47. The summed E-state index contributed by atoms with van der Waals surface area (Å²) < 4.78 is 10.5. The van der Waals surface area contributed by atoms with Gasteiger partial charge in [0.15, 0.2) is 0 Å². The topological polar surface area (TPSA) is 68.7 Å². The minimum absolute atomic E-state index is 0.248. The molecule has 2 heterocycles. The van der Waals surface area contributed by atoms with Gasteiger partial charge in [-0.05, 0) is 19.4 Å². The van der Waals surface area contributed by atoms with Crippen molar-refractivity contribution in [3.8, 4) is 0 Å². The number of ether oxygens (including phenoxy) is 2. The molecule has 0 aliphatic carbocycles. The van der Waals surface area contributed by atoms with Crippen molar-refractivity contribution in [2.75, 3.05) is 13.2 Å². The molecular weight excluding hydrogens is 376 g/mol. The summed E-state index contributed by atoms with van der Waals surface area (Å²) in [5.74, 6) is -1.53. The smallest absolute Gasteiger partial charge is 0.336 e. The second kappa shape index (κ2) is 9.32. The molecule has 1 aliphatic rings. The van der Waals surface area contributed by atoms with Crippen molar-refractivity contribution in [2.45, 2.75) is 26.3 Å². The van der Waals surface area contributed by atoms with E-state index in [9.17, 15) is 9.59 Å². The van der Waals surface area contributed by atoms with Crippen molar-refractivity contribution >= 4 is 23.3 Å². The number of carbonyl (C=O) groups is 2. The molecule has 0 amide bonds. The van der Waals surface area contributed by atoms with Crippen molar-refractivity contribution in [2.24, 2.45) is 0 Å². The highest BCUT2D eigenvalue weighted by Gasteiger charge is 2.37. The molecule has 146 valence electrons. The molecule has 0 unspecified atom stereocenters. The van der Waals surface area contributed by atoms with Crippen LogP contribution in [0.5, 0.6) is 0 Å². The Labute approximate surface area is 168 Å². The second-order valence-corrected chi connectivity index (χ2v) is 7.00. The monoisotopic (exact) mass is 398 g/mol. The molecule has 3 rings (SSSR count). The molecule has 2 aromatic rings. The van der Waals surface area contributed by atoms with Crippen LogP contribution in [-0.2, 0) is 25.6 Å². The maximum Gasteiger partial charge on any atom is 0.336 e. The lowest BCUT2D eigenvalue weighted by molar-refractivity contribution is -0.139. The summed E-state index contributed by atoms with van der Waals surface area (Å²) in [4.78, 5) is 31.6. The van der Waals surface area contributed by atoms with Gasteiger partial charge in [0.25, 0.3) is 0 Å². The number of hydrogen-bond acceptors (Lipinski definition) is 7. The molecule has 0 saturated heterocycles. The Morgan fingerprint density at radius 2 is 1.64 bits per heavy atom. The van der Waals surface area contributed by atoms with Gasteiger partial charge in [-0.25, -0.2) is 14.6 Å². The van der Waals surface area contributed by atoms with E-state index < -0.39 is 17.9 Å². The molecule has 6 nitrogen and oxygen atoms in total. The SMILES string of the molecule is CCOC(=O)C1=CN(Cc2ccccc2)C=C(C(=O)OCC)C1c1nccs1.